The molecule has 3 rings (SSSR count). The summed E-state index contributed by atoms with van der Waals surface area (Å²) in [5, 5.41) is 3.31. The molecule has 0 saturated heterocycles. The molecule has 1 aromatic heterocycles. The second-order valence-electron chi connectivity index (χ2n) is 6.46. The van der Waals surface area contributed by atoms with Crippen LogP contribution in [0.1, 0.15) is 16.7 Å². The fourth-order valence-corrected chi connectivity index (χ4v) is 2.92. The number of rotatable bonds is 9. The normalized spacial score (nSPS) is 10.4. The van der Waals surface area contributed by atoms with E-state index >= 15 is 0 Å². The Kier molecular flexibility index (Phi) is 6.73. The van der Waals surface area contributed by atoms with Gasteiger partial charge in [-0.3, -0.25) is 0 Å². The van der Waals surface area contributed by atoms with Crippen molar-refractivity contribution in [2.24, 2.45) is 0 Å². The van der Waals surface area contributed by atoms with E-state index in [0.717, 1.165) is 39.8 Å². The number of hydrogen-bond acceptors (Lipinski definition) is 5. The summed E-state index contributed by atoms with van der Waals surface area (Å²) in [6.07, 6.45) is 1.76. The van der Waals surface area contributed by atoms with Crippen LogP contribution in [0.15, 0.2) is 60.8 Å². The molecule has 5 heteroatoms. The molecule has 0 spiro atoms. The van der Waals surface area contributed by atoms with E-state index in [1.165, 1.54) is 0 Å². The Hall–Kier alpha value is -3.21. The summed E-state index contributed by atoms with van der Waals surface area (Å²) in [6.45, 7) is 5.61. The maximum absolute atomic E-state index is 6.00. The fourth-order valence-electron chi connectivity index (χ4n) is 2.92. The van der Waals surface area contributed by atoms with Gasteiger partial charge in [-0.2, -0.15) is 0 Å². The zero-order chi connectivity index (χ0) is 19.8. The second-order valence-corrected chi connectivity index (χ2v) is 6.46. The van der Waals surface area contributed by atoms with Gasteiger partial charge in [-0.1, -0.05) is 24.3 Å². The minimum atomic E-state index is 0.442. The SMILES string of the molecule is COc1ccc(CNc2ccccn2)c(OCCOc2c(C)cccc2C)c1. The first-order valence-electron chi connectivity index (χ1n) is 9.31. The van der Waals surface area contributed by atoms with Gasteiger partial charge in [-0.25, -0.2) is 4.98 Å². The number of para-hydroxylation sites is 1. The molecule has 0 amide bonds. The summed E-state index contributed by atoms with van der Waals surface area (Å²) in [5.41, 5.74) is 3.28. The molecule has 0 aliphatic carbocycles. The first kappa shape index (κ1) is 19.5. The number of aryl methyl sites for hydroxylation is 2. The first-order valence-corrected chi connectivity index (χ1v) is 9.31. The maximum Gasteiger partial charge on any atom is 0.128 e. The third-order valence-corrected chi connectivity index (χ3v) is 4.40. The molecule has 1 heterocycles. The number of ether oxygens (including phenoxy) is 3. The standard InChI is InChI=1S/C23H26N2O3/c1-17-7-6-8-18(2)23(17)28-14-13-27-21-15-20(26-3)11-10-19(21)16-25-22-9-4-5-12-24-22/h4-12,15H,13-14,16H2,1-3H3,(H,24,25). The average Bonchev–Trinajstić information content (AvgIpc) is 2.72. The van der Waals surface area contributed by atoms with Gasteiger partial charge < -0.3 is 19.5 Å². The Morgan fingerprint density at radius 1 is 0.893 bits per heavy atom. The lowest BCUT2D eigenvalue weighted by Crippen LogP contribution is -2.12. The summed E-state index contributed by atoms with van der Waals surface area (Å²) in [5.74, 6) is 3.27. The number of pyridine rings is 1. The highest BCUT2D eigenvalue weighted by molar-refractivity contribution is 5.44. The van der Waals surface area contributed by atoms with Crippen LogP contribution in [0, 0.1) is 13.8 Å². The fraction of sp³-hybridized carbons (Fsp3) is 0.261. The lowest BCUT2D eigenvalue weighted by molar-refractivity contribution is 0.214. The number of methoxy groups -OCH3 is 1. The Morgan fingerprint density at radius 2 is 1.68 bits per heavy atom. The highest BCUT2D eigenvalue weighted by Crippen LogP contribution is 2.26. The molecule has 2 aromatic carbocycles. The molecule has 28 heavy (non-hydrogen) atoms. The van der Waals surface area contributed by atoms with E-state index in [9.17, 15) is 0 Å². The van der Waals surface area contributed by atoms with Crippen molar-refractivity contribution in [1.82, 2.24) is 4.98 Å². The van der Waals surface area contributed by atoms with E-state index < -0.39 is 0 Å². The Morgan fingerprint density at radius 3 is 2.39 bits per heavy atom. The van der Waals surface area contributed by atoms with Crippen LogP contribution in [0.3, 0.4) is 0 Å². The summed E-state index contributed by atoms with van der Waals surface area (Å²) < 4.78 is 17.3. The van der Waals surface area contributed by atoms with Crippen LogP contribution >= 0.6 is 0 Å². The van der Waals surface area contributed by atoms with E-state index in [1.807, 2.05) is 68.4 Å². The number of hydrogen-bond donors (Lipinski definition) is 1. The zero-order valence-electron chi connectivity index (χ0n) is 16.6. The van der Waals surface area contributed by atoms with Crippen LogP contribution in [0.25, 0.3) is 0 Å². The highest BCUT2D eigenvalue weighted by atomic mass is 16.5. The molecule has 0 aliphatic heterocycles. The molecular weight excluding hydrogens is 352 g/mol. The van der Waals surface area contributed by atoms with E-state index in [-0.39, 0.29) is 0 Å². The number of anilines is 1. The van der Waals surface area contributed by atoms with Gasteiger partial charge in [0.2, 0.25) is 0 Å². The van der Waals surface area contributed by atoms with Gasteiger partial charge in [0.25, 0.3) is 0 Å². The number of nitrogens with one attached hydrogen (secondary N) is 1. The molecule has 0 atom stereocenters. The maximum atomic E-state index is 6.00. The van der Waals surface area contributed by atoms with E-state index in [2.05, 4.69) is 10.3 Å². The van der Waals surface area contributed by atoms with Crippen molar-refractivity contribution in [3.05, 3.63) is 77.5 Å². The number of benzene rings is 2. The smallest absolute Gasteiger partial charge is 0.128 e. The summed E-state index contributed by atoms with van der Waals surface area (Å²) in [4.78, 5) is 4.29. The van der Waals surface area contributed by atoms with Gasteiger partial charge in [0.15, 0.2) is 0 Å². The van der Waals surface area contributed by atoms with Gasteiger partial charge in [0, 0.05) is 24.4 Å². The molecule has 0 radical (unpaired) electrons. The van der Waals surface area contributed by atoms with E-state index in [0.29, 0.717) is 19.8 Å². The summed E-state index contributed by atoms with van der Waals surface area (Å²) in [7, 11) is 1.65. The second kappa shape index (κ2) is 9.65. The van der Waals surface area contributed by atoms with E-state index in [1.54, 1.807) is 13.3 Å². The average molecular weight is 378 g/mol. The number of aromatic nitrogens is 1. The molecule has 1 N–H and O–H groups in total. The van der Waals surface area contributed by atoms with Crippen molar-refractivity contribution in [2.75, 3.05) is 25.6 Å². The molecule has 0 saturated carbocycles. The van der Waals surface area contributed by atoms with Crippen molar-refractivity contribution < 1.29 is 14.2 Å². The van der Waals surface area contributed by atoms with Crippen molar-refractivity contribution in [3.8, 4) is 17.2 Å². The van der Waals surface area contributed by atoms with Crippen LogP contribution in [-0.4, -0.2) is 25.3 Å². The van der Waals surface area contributed by atoms with E-state index in [4.69, 9.17) is 14.2 Å². The monoisotopic (exact) mass is 378 g/mol. The van der Waals surface area contributed by atoms with Crippen molar-refractivity contribution in [1.29, 1.82) is 0 Å². The molecule has 0 aliphatic rings. The van der Waals surface area contributed by atoms with Gasteiger partial charge in [0.1, 0.15) is 36.3 Å². The molecule has 0 bridgehead atoms. The molecular formula is C23H26N2O3. The third kappa shape index (κ3) is 5.16. The molecule has 146 valence electrons. The van der Waals surface area contributed by atoms with Gasteiger partial charge >= 0.3 is 0 Å². The van der Waals surface area contributed by atoms with Crippen molar-refractivity contribution in [3.63, 3.8) is 0 Å². The van der Waals surface area contributed by atoms with Crippen LogP contribution in [0.2, 0.25) is 0 Å². The third-order valence-electron chi connectivity index (χ3n) is 4.40. The quantitative estimate of drug-likeness (QED) is 0.543. The Labute approximate surface area is 166 Å². The molecule has 0 fully saturated rings. The highest BCUT2D eigenvalue weighted by Gasteiger charge is 2.08. The Bertz CT molecular complexity index is 877. The van der Waals surface area contributed by atoms with Crippen molar-refractivity contribution in [2.45, 2.75) is 20.4 Å². The first-order chi connectivity index (χ1) is 13.7. The predicted octanol–water partition coefficient (Wildman–Crippen LogP) is 4.78. The molecule has 3 aromatic rings. The summed E-state index contributed by atoms with van der Waals surface area (Å²) >= 11 is 0. The van der Waals surface area contributed by atoms with Crippen molar-refractivity contribution >= 4 is 5.82 Å². The summed E-state index contributed by atoms with van der Waals surface area (Å²) in [6, 6.07) is 17.7. The molecule has 0 unspecified atom stereocenters. The lowest BCUT2D eigenvalue weighted by Gasteiger charge is -2.15. The number of nitrogens with zero attached hydrogens (tertiary/aromatic N) is 1. The Balaban J connectivity index is 1.61. The minimum absolute atomic E-state index is 0.442. The minimum Gasteiger partial charge on any atom is -0.497 e. The largest absolute Gasteiger partial charge is 0.497 e. The lowest BCUT2D eigenvalue weighted by atomic mass is 10.1. The van der Waals surface area contributed by atoms with Crippen LogP contribution in [-0.2, 0) is 6.54 Å². The van der Waals surface area contributed by atoms with Gasteiger partial charge in [0.05, 0.1) is 7.11 Å². The van der Waals surface area contributed by atoms with Crippen LogP contribution < -0.4 is 19.5 Å². The molecule has 5 nitrogen and oxygen atoms in total. The predicted molar refractivity (Wildman–Crippen MR) is 111 cm³/mol. The van der Waals surface area contributed by atoms with Crippen LogP contribution in [0.4, 0.5) is 5.82 Å². The zero-order valence-corrected chi connectivity index (χ0v) is 16.6. The topological polar surface area (TPSA) is 52.6 Å². The van der Waals surface area contributed by atoms with Gasteiger partial charge in [-0.15, -0.1) is 0 Å². The van der Waals surface area contributed by atoms with Crippen LogP contribution in [0.5, 0.6) is 17.2 Å². The van der Waals surface area contributed by atoms with Gasteiger partial charge in [-0.05, 0) is 49.2 Å².